The molecular weight excluding hydrogens is 577 g/mol. The molecule has 1 N–H and O–H groups in total. The summed E-state index contributed by atoms with van der Waals surface area (Å²) >= 11 is 12.5. The van der Waals surface area contributed by atoms with E-state index < -0.39 is 28.5 Å². The number of carbonyl (C=O) groups is 2. The molecule has 2 aliphatic rings. The minimum atomic E-state index is -3.88. The number of fused-ring (bicyclic) bond motifs is 1. The molecule has 1 atom stereocenters. The van der Waals surface area contributed by atoms with Gasteiger partial charge < -0.3 is 19.7 Å². The molecule has 1 saturated carbocycles. The van der Waals surface area contributed by atoms with E-state index in [1.165, 1.54) is 17.9 Å². The summed E-state index contributed by atoms with van der Waals surface area (Å²) in [5.74, 6) is -0.137. The van der Waals surface area contributed by atoms with Crippen LogP contribution in [0.3, 0.4) is 0 Å². The number of hydrogen-bond acceptors (Lipinski definition) is 6. The molecule has 0 radical (unpaired) electrons. The fourth-order valence-electron chi connectivity index (χ4n) is 5.06. The second-order valence-electron chi connectivity index (χ2n) is 9.97. The van der Waals surface area contributed by atoms with Crippen LogP contribution in [0.25, 0.3) is 0 Å². The summed E-state index contributed by atoms with van der Waals surface area (Å²) in [6.07, 6.45) is 5.36. The van der Waals surface area contributed by atoms with Crippen LogP contribution in [0.1, 0.15) is 57.9 Å². The zero-order valence-electron chi connectivity index (χ0n) is 22.7. The van der Waals surface area contributed by atoms with E-state index in [0.717, 1.165) is 36.4 Å². The predicted molar refractivity (Wildman–Crippen MR) is 155 cm³/mol. The molecule has 1 aliphatic heterocycles. The first-order valence-corrected chi connectivity index (χ1v) is 15.9. The maximum atomic E-state index is 14.0. The van der Waals surface area contributed by atoms with Gasteiger partial charge in [-0.2, -0.15) is 0 Å². The van der Waals surface area contributed by atoms with E-state index in [1.54, 1.807) is 30.3 Å². The quantitative estimate of drug-likeness (QED) is 0.377. The molecule has 2 amide bonds. The molecule has 1 heterocycles. The van der Waals surface area contributed by atoms with Gasteiger partial charge in [0.25, 0.3) is 0 Å². The van der Waals surface area contributed by atoms with Crippen molar-refractivity contribution in [2.24, 2.45) is 0 Å². The van der Waals surface area contributed by atoms with Crippen molar-refractivity contribution >= 4 is 50.7 Å². The summed E-state index contributed by atoms with van der Waals surface area (Å²) < 4.78 is 38.3. The third-order valence-electron chi connectivity index (χ3n) is 7.32. The van der Waals surface area contributed by atoms with Crippen LogP contribution in [0, 0.1) is 0 Å². The van der Waals surface area contributed by atoms with E-state index in [4.69, 9.17) is 32.7 Å². The zero-order chi connectivity index (χ0) is 28.9. The SMILES string of the molecule is CC[C@H](C(=O)NC1CCCCC1)N(Cc1ccc(Cl)cc1Cl)C(=O)CN(c1ccc2c(c1)OCO2)S(=O)(=O)CC. The summed E-state index contributed by atoms with van der Waals surface area (Å²) in [5, 5.41) is 3.91. The van der Waals surface area contributed by atoms with Gasteiger partial charge in [-0.15, -0.1) is 0 Å². The molecule has 0 spiro atoms. The van der Waals surface area contributed by atoms with Crippen LogP contribution in [0.4, 0.5) is 5.69 Å². The topological polar surface area (TPSA) is 105 Å². The maximum Gasteiger partial charge on any atom is 0.244 e. The second-order valence-corrected chi connectivity index (χ2v) is 13.0. The van der Waals surface area contributed by atoms with Gasteiger partial charge in [0.1, 0.15) is 12.6 Å². The zero-order valence-corrected chi connectivity index (χ0v) is 25.0. The van der Waals surface area contributed by atoms with E-state index >= 15 is 0 Å². The van der Waals surface area contributed by atoms with Crippen LogP contribution in [-0.4, -0.2) is 56.3 Å². The van der Waals surface area contributed by atoms with E-state index in [9.17, 15) is 18.0 Å². The molecule has 4 rings (SSSR count). The first-order chi connectivity index (χ1) is 19.1. The highest BCUT2D eigenvalue weighted by molar-refractivity contribution is 7.92. The molecule has 1 aliphatic carbocycles. The molecule has 218 valence electrons. The van der Waals surface area contributed by atoms with Gasteiger partial charge in [-0.05, 0) is 56.0 Å². The first-order valence-electron chi connectivity index (χ1n) is 13.6. The number of sulfonamides is 1. The van der Waals surface area contributed by atoms with Gasteiger partial charge in [0.15, 0.2) is 11.5 Å². The minimum Gasteiger partial charge on any atom is -0.454 e. The number of hydrogen-bond donors (Lipinski definition) is 1. The Morgan fingerprint density at radius 3 is 2.42 bits per heavy atom. The number of benzene rings is 2. The molecule has 9 nitrogen and oxygen atoms in total. The molecule has 2 aromatic rings. The molecule has 1 fully saturated rings. The molecule has 0 aromatic heterocycles. The third kappa shape index (κ3) is 7.14. The van der Waals surface area contributed by atoms with Crippen molar-refractivity contribution in [1.82, 2.24) is 10.2 Å². The molecule has 0 saturated heterocycles. The molecule has 0 bridgehead atoms. The van der Waals surface area contributed by atoms with Crippen molar-refractivity contribution in [2.45, 2.75) is 71.0 Å². The van der Waals surface area contributed by atoms with Gasteiger partial charge in [0.05, 0.1) is 11.4 Å². The number of amides is 2. The largest absolute Gasteiger partial charge is 0.454 e. The lowest BCUT2D eigenvalue weighted by atomic mass is 9.95. The van der Waals surface area contributed by atoms with E-state index in [-0.39, 0.29) is 36.7 Å². The second kappa shape index (κ2) is 13.3. The number of nitrogens with zero attached hydrogens (tertiary/aromatic N) is 2. The molecule has 2 aromatic carbocycles. The Balaban J connectivity index is 1.66. The Kier molecular flexibility index (Phi) is 10.1. The summed E-state index contributed by atoms with van der Waals surface area (Å²) in [4.78, 5) is 29.0. The maximum absolute atomic E-state index is 14.0. The van der Waals surface area contributed by atoms with Crippen LogP contribution in [-0.2, 0) is 26.2 Å². The lowest BCUT2D eigenvalue weighted by molar-refractivity contribution is -0.140. The van der Waals surface area contributed by atoms with Gasteiger partial charge >= 0.3 is 0 Å². The molecule has 0 unspecified atom stereocenters. The van der Waals surface area contributed by atoms with Crippen molar-refractivity contribution in [3.05, 3.63) is 52.0 Å². The van der Waals surface area contributed by atoms with Crippen molar-refractivity contribution in [1.29, 1.82) is 0 Å². The number of nitrogens with one attached hydrogen (secondary N) is 1. The highest BCUT2D eigenvalue weighted by atomic mass is 35.5. The highest BCUT2D eigenvalue weighted by Gasteiger charge is 2.34. The number of ether oxygens (including phenoxy) is 2. The van der Waals surface area contributed by atoms with Crippen molar-refractivity contribution in [2.75, 3.05) is 23.4 Å². The Bertz CT molecular complexity index is 1330. The van der Waals surface area contributed by atoms with E-state index in [1.807, 2.05) is 6.92 Å². The van der Waals surface area contributed by atoms with Gasteiger partial charge in [-0.3, -0.25) is 13.9 Å². The van der Waals surface area contributed by atoms with Gasteiger partial charge in [-0.1, -0.05) is 55.5 Å². The monoisotopic (exact) mass is 611 g/mol. The van der Waals surface area contributed by atoms with E-state index in [0.29, 0.717) is 33.5 Å². The van der Waals surface area contributed by atoms with Crippen LogP contribution in [0.5, 0.6) is 11.5 Å². The number of halogens is 2. The Labute approximate surface area is 245 Å². The van der Waals surface area contributed by atoms with Crippen molar-refractivity contribution in [3.63, 3.8) is 0 Å². The average Bonchev–Trinajstić information content (AvgIpc) is 3.41. The Morgan fingerprint density at radius 1 is 1.02 bits per heavy atom. The smallest absolute Gasteiger partial charge is 0.244 e. The standard InChI is InChI=1S/C28H35Cl2N3O6S/c1-3-24(28(35)31-21-8-6-5-7-9-21)32(16-19-10-11-20(29)14-23(19)30)27(34)17-33(40(36,37)4-2)22-12-13-25-26(15-22)39-18-38-25/h10-15,21,24H,3-9,16-18H2,1-2H3,(H,31,35)/t24-/m1/s1. The van der Waals surface area contributed by atoms with Gasteiger partial charge in [-0.25, -0.2) is 8.42 Å². The summed E-state index contributed by atoms with van der Waals surface area (Å²) in [7, 11) is -3.88. The average molecular weight is 613 g/mol. The Morgan fingerprint density at radius 2 is 1.75 bits per heavy atom. The molecular formula is C28H35Cl2N3O6S. The van der Waals surface area contributed by atoms with Crippen LogP contribution in [0.2, 0.25) is 10.0 Å². The number of anilines is 1. The van der Waals surface area contributed by atoms with Crippen LogP contribution in [0.15, 0.2) is 36.4 Å². The Hall–Kier alpha value is -2.69. The lowest BCUT2D eigenvalue weighted by Gasteiger charge is -2.34. The fraction of sp³-hybridized carbons (Fsp3) is 0.500. The van der Waals surface area contributed by atoms with Crippen molar-refractivity contribution in [3.8, 4) is 11.5 Å². The molecule has 12 heteroatoms. The predicted octanol–water partition coefficient (Wildman–Crippen LogP) is 5.13. The third-order valence-corrected chi connectivity index (χ3v) is 9.64. The lowest BCUT2D eigenvalue weighted by Crippen LogP contribution is -2.54. The molecule has 40 heavy (non-hydrogen) atoms. The number of carbonyl (C=O) groups excluding carboxylic acids is 2. The first kappa shape index (κ1) is 30.3. The fourth-order valence-corrected chi connectivity index (χ4v) is 6.58. The number of rotatable bonds is 11. The normalized spacial score (nSPS) is 15.9. The summed E-state index contributed by atoms with van der Waals surface area (Å²) in [6, 6.07) is 8.88. The van der Waals surface area contributed by atoms with Crippen LogP contribution < -0.4 is 19.1 Å². The van der Waals surface area contributed by atoms with Gasteiger partial charge in [0.2, 0.25) is 28.6 Å². The minimum absolute atomic E-state index is 0.00653. The highest BCUT2D eigenvalue weighted by Crippen LogP contribution is 2.36. The summed E-state index contributed by atoms with van der Waals surface area (Å²) in [5.41, 5.74) is 0.861. The summed E-state index contributed by atoms with van der Waals surface area (Å²) in [6.45, 7) is 2.87. The van der Waals surface area contributed by atoms with Gasteiger partial charge in [0, 0.05) is 28.7 Å². The van der Waals surface area contributed by atoms with E-state index in [2.05, 4.69) is 5.32 Å². The van der Waals surface area contributed by atoms with Crippen molar-refractivity contribution < 1.29 is 27.5 Å². The van der Waals surface area contributed by atoms with Crippen LogP contribution >= 0.6 is 23.2 Å².